The molecule has 1 aromatic carbocycles. The average Bonchev–Trinajstić information content (AvgIpc) is 3.07. The Bertz CT molecular complexity index is 645. The maximum Gasteiger partial charge on any atom is 0.117 e. The third-order valence-corrected chi connectivity index (χ3v) is 3.97. The van der Waals surface area contributed by atoms with Crippen molar-refractivity contribution in [2.24, 2.45) is 0 Å². The molecule has 2 aromatic heterocycles. The molecule has 0 amide bonds. The lowest BCUT2D eigenvalue weighted by Gasteiger charge is -2.12. The van der Waals surface area contributed by atoms with Gasteiger partial charge in [0.15, 0.2) is 0 Å². The highest BCUT2D eigenvalue weighted by Crippen LogP contribution is 2.28. The summed E-state index contributed by atoms with van der Waals surface area (Å²) in [6, 6.07) is 12.6. The predicted octanol–water partition coefficient (Wildman–Crippen LogP) is 4.32. The maximum atomic E-state index is 5.35. The van der Waals surface area contributed by atoms with Gasteiger partial charge < -0.3 is 9.73 Å². The van der Waals surface area contributed by atoms with E-state index in [1.807, 2.05) is 24.3 Å². The Morgan fingerprint density at radius 2 is 2.16 bits per heavy atom. The monoisotopic (exact) mass is 272 g/mol. The van der Waals surface area contributed by atoms with Gasteiger partial charge in [0.05, 0.1) is 11.8 Å². The van der Waals surface area contributed by atoms with E-state index in [4.69, 9.17) is 4.42 Å². The molecule has 0 radical (unpaired) electrons. The van der Waals surface area contributed by atoms with Gasteiger partial charge in [-0.15, -0.1) is 0 Å². The molecule has 98 valence electrons. The highest BCUT2D eigenvalue weighted by Gasteiger charge is 2.09. The van der Waals surface area contributed by atoms with E-state index in [-0.39, 0.29) is 0 Å². The maximum absolute atomic E-state index is 5.35. The summed E-state index contributed by atoms with van der Waals surface area (Å²) in [6.07, 6.45) is 3.72. The lowest BCUT2D eigenvalue weighted by molar-refractivity contribution is 0.495. The lowest BCUT2D eigenvalue weighted by atomic mass is 10.1. The number of aromatic nitrogens is 1. The van der Waals surface area contributed by atoms with Gasteiger partial charge in [0.2, 0.25) is 0 Å². The van der Waals surface area contributed by atoms with Crippen LogP contribution >= 0.6 is 11.5 Å². The molecule has 1 atom stereocenters. The molecule has 3 nitrogen and oxygen atoms in total. The molecule has 0 saturated carbocycles. The zero-order chi connectivity index (χ0) is 13.1. The van der Waals surface area contributed by atoms with Crippen molar-refractivity contribution >= 4 is 27.4 Å². The van der Waals surface area contributed by atoms with E-state index < -0.39 is 0 Å². The average molecular weight is 272 g/mol. The zero-order valence-corrected chi connectivity index (χ0v) is 11.6. The molecule has 0 aliphatic heterocycles. The molecule has 0 aliphatic rings. The van der Waals surface area contributed by atoms with E-state index in [9.17, 15) is 0 Å². The number of fused-ring (bicyclic) bond motifs is 1. The van der Waals surface area contributed by atoms with Crippen LogP contribution in [0.1, 0.15) is 19.1 Å². The first kappa shape index (κ1) is 12.2. The summed E-state index contributed by atoms with van der Waals surface area (Å²) in [7, 11) is 0. The van der Waals surface area contributed by atoms with Gasteiger partial charge >= 0.3 is 0 Å². The Labute approximate surface area is 116 Å². The van der Waals surface area contributed by atoms with E-state index >= 15 is 0 Å². The van der Waals surface area contributed by atoms with Crippen LogP contribution in [0.5, 0.6) is 0 Å². The Morgan fingerprint density at radius 3 is 3.00 bits per heavy atom. The minimum atomic E-state index is 0.397. The second-order valence-corrected chi connectivity index (χ2v) is 5.47. The first-order chi connectivity index (χ1) is 9.33. The van der Waals surface area contributed by atoms with Crippen LogP contribution in [0.2, 0.25) is 0 Å². The van der Waals surface area contributed by atoms with Crippen molar-refractivity contribution in [2.45, 2.75) is 25.8 Å². The summed E-state index contributed by atoms with van der Waals surface area (Å²) in [5.41, 5.74) is 1.06. The number of hydrogen-bond acceptors (Lipinski definition) is 4. The highest BCUT2D eigenvalue weighted by molar-refractivity contribution is 7.11. The number of benzene rings is 1. The molecule has 3 aromatic rings. The van der Waals surface area contributed by atoms with Gasteiger partial charge in [0, 0.05) is 17.8 Å². The van der Waals surface area contributed by atoms with Crippen molar-refractivity contribution < 1.29 is 4.42 Å². The number of aryl methyl sites for hydroxylation is 1. The number of anilines is 1. The Hall–Kier alpha value is -1.81. The van der Waals surface area contributed by atoms with Crippen LogP contribution in [0.4, 0.5) is 5.00 Å². The van der Waals surface area contributed by atoms with Gasteiger partial charge in [0.1, 0.15) is 10.8 Å². The molecular weight excluding hydrogens is 256 g/mol. The molecule has 19 heavy (non-hydrogen) atoms. The molecule has 0 aliphatic carbocycles. The summed E-state index contributed by atoms with van der Waals surface area (Å²) in [5.74, 6) is 1.04. The number of hydrogen-bond donors (Lipinski definition) is 1. The Morgan fingerprint density at radius 1 is 1.26 bits per heavy atom. The zero-order valence-electron chi connectivity index (χ0n) is 10.8. The van der Waals surface area contributed by atoms with Crippen LogP contribution < -0.4 is 5.32 Å². The predicted molar refractivity (Wildman–Crippen MR) is 79.7 cm³/mol. The molecule has 1 unspecified atom stereocenters. The number of nitrogens with one attached hydrogen (secondary N) is 1. The standard InChI is InChI=1S/C15H16N2OS/c1-11(8-9-12-5-4-10-18-12)16-15-13-6-2-3-7-14(13)17-19-15/h2-7,10-11,16H,8-9H2,1H3. The van der Waals surface area contributed by atoms with Crippen LogP contribution in [0.3, 0.4) is 0 Å². The molecule has 2 heterocycles. The summed E-state index contributed by atoms with van der Waals surface area (Å²) in [6.45, 7) is 2.19. The van der Waals surface area contributed by atoms with E-state index in [0.717, 1.165) is 29.1 Å². The van der Waals surface area contributed by atoms with Gasteiger partial charge in [-0.3, -0.25) is 0 Å². The largest absolute Gasteiger partial charge is 0.469 e. The minimum Gasteiger partial charge on any atom is -0.469 e. The number of nitrogens with zero attached hydrogens (tertiary/aromatic N) is 1. The second kappa shape index (κ2) is 5.45. The fourth-order valence-electron chi connectivity index (χ4n) is 2.10. The number of furan rings is 1. The summed E-state index contributed by atoms with van der Waals surface area (Å²) in [4.78, 5) is 0. The van der Waals surface area contributed by atoms with E-state index in [0.29, 0.717) is 6.04 Å². The fraction of sp³-hybridized carbons (Fsp3) is 0.267. The lowest BCUT2D eigenvalue weighted by Crippen LogP contribution is -2.15. The molecule has 0 fully saturated rings. The van der Waals surface area contributed by atoms with Gasteiger partial charge in [-0.25, -0.2) is 0 Å². The van der Waals surface area contributed by atoms with Gasteiger partial charge in [-0.05, 0) is 49.1 Å². The third-order valence-electron chi connectivity index (χ3n) is 3.17. The van der Waals surface area contributed by atoms with Crippen molar-refractivity contribution in [1.82, 2.24) is 4.37 Å². The SMILES string of the molecule is CC(CCc1ccco1)Nc1snc2ccccc12. The molecule has 0 saturated heterocycles. The summed E-state index contributed by atoms with van der Waals surface area (Å²) < 4.78 is 9.79. The van der Waals surface area contributed by atoms with Gasteiger partial charge in [-0.2, -0.15) is 4.37 Å². The van der Waals surface area contributed by atoms with Crippen molar-refractivity contribution in [3.05, 3.63) is 48.4 Å². The van der Waals surface area contributed by atoms with E-state index in [1.54, 1.807) is 6.26 Å². The topological polar surface area (TPSA) is 38.1 Å². The van der Waals surface area contributed by atoms with E-state index in [2.05, 4.69) is 28.7 Å². The number of rotatable bonds is 5. The second-order valence-electron chi connectivity index (χ2n) is 4.69. The van der Waals surface area contributed by atoms with Gasteiger partial charge in [0.25, 0.3) is 0 Å². The molecule has 0 bridgehead atoms. The first-order valence-electron chi connectivity index (χ1n) is 6.46. The van der Waals surface area contributed by atoms with E-state index in [1.165, 1.54) is 16.9 Å². The fourth-order valence-corrected chi connectivity index (χ4v) is 2.98. The van der Waals surface area contributed by atoms with Crippen LogP contribution in [0.25, 0.3) is 10.9 Å². The smallest absolute Gasteiger partial charge is 0.117 e. The van der Waals surface area contributed by atoms with Crippen LogP contribution in [0, 0.1) is 0 Å². The van der Waals surface area contributed by atoms with Crippen molar-refractivity contribution in [1.29, 1.82) is 0 Å². The molecule has 4 heteroatoms. The third kappa shape index (κ3) is 2.79. The Kier molecular flexibility index (Phi) is 3.51. The molecule has 3 rings (SSSR count). The summed E-state index contributed by atoms with van der Waals surface area (Å²) in [5, 5.41) is 5.90. The highest BCUT2D eigenvalue weighted by atomic mass is 32.1. The van der Waals surface area contributed by atoms with Crippen LogP contribution in [-0.4, -0.2) is 10.4 Å². The van der Waals surface area contributed by atoms with Crippen molar-refractivity contribution in [3.63, 3.8) is 0 Å². The van der Waals surface area contributed by atoms with Crippen LogP contribution in [0.15, 0.2) is 47.1 Å². The van der Waals surface area contributed by atoms with Gasteiger partial charge in [-0.1, -0.05) is 12.1 Å². The molecule has 0 spiro atoms. The molecular formula is C15H16N2OS. The minimum absolute atomic E-state index is 0.397. The molecule has 1 N–H and O–H groups in total. The Balaban J connectivity index is 1.64. The van der Waals surface area contributed by atoms with Crippen molar-refractivity contribution in [3.8, 4) is 0 Å². The quantitative estimate of drug-likeness (QED) is 0.751. The van der Waals surface area contributed by atoms with Crippen LogP contribution in [-0.2, 0) is 6.42 Å². The normalized spacial score (nSPS) is 12.7. The first-order valence-corrected chi connectivity index (χ1v) is 7.23. The van der Waals surface area contributed by atoms with Crippen molar-refractivity contribution in [2.75, 3.05) is 5.32 Å². The summed E-state index contributed by atoms with van der Waals surface area (Å²) >= 11 is 1.53.